The molecule has 0 spiro atoms. The Morgan fingerprint density at radius 1 is 0.969 bits per heavy atom. The highest BCUT2D eigenvalue weighted by molar-refractivity contribution is 6.10. The summed E-state index contributed by atoms with van der Waals surface area (Å²) in [5.41, 5.74) is 4.38. The normalized spacial score (nSPS) is 11.1. The maximum absolute atomic E-state index is 13.0. The minimum atomic E-state index is -0.0373. The van der Waals surface area contributed by atoms with Gasteiger partial charge in [-0.3, -0.25) is 9.20 Å². The Balaban J connectivity index is 1.57. The number of aromatic nitrogens is 4. The van der Waals surface area contributed by atoms with Crippen LogP contribution in [0.1, 0.15) is 27.3 Å². The predicted octanol–water partition coefficient (Wildman–Crippen LogP) is 4.44. The van der Waals surface area contributed by atoms with Gasteiger partial charge in [0.1, 0.15) is 11.6 Å². The SMILES string of the molecule is COc1ccccc1CNc1nc2ccc(C(=O)c3ccccc3)cc2n2c(C)nnc12. The third-order valence-electron chi connectivity index (χ3n) is 5.42. The lowest BCUT2D eigenvalue weighted by molar-refractivity contribution is 0.103. The number of benzene rings is 3. The minimum absolute atomic E-state index is 0.0373. The molecule has 32 heavy (non-hydrogen) atoms. The molecule has 2 aromatic heterocycles. The number of hydrogen-bond acceptors (Lipinski definition) is 6. The van der Waals surface area contributed by atoms with Crippen molar-refractivity contribution in [2.75, 3.05) is 12.4 Å². The number of ketones is 1. The summed E-state index contributed by atoms with van der Waals surface area (Å²) in [7, 11) is 1.65. The number of carbonyl (C=O) groups is 1. The van der Waals surface area contributed by atoms with Gasteiger partial charge in [-0.15, -0.1) is 10.2 Å². The largest absolute Gasteiger partial charge is 0.496 e. The van der Waals surface area contributed by atoms with E-state index >= 15 is 0 Å². The van der Waals surface area contributed by atoms with E-state index in [1.54, 1.807) is 13.2 Å². The molecular formula is C25H21N5O2. The van der Waals surface area contributed by atoms with Gasteiger partial charge >= 0.3 is 0 Å². The average molecular weight is 423 g/mol. The third-order valence-corrected chi connectivity index (χ3v) is 5.42. The maximum atomic E-state index is 13.0. The number of rotatable bonds is 6. The van der Waals surface area contributed by atoms with Gasteiger partial charge in [0.05, 0.1) is 18.1 Å². The molecule has 0 aliphatic rings. The highest BCUT2D eigenvalue weighted by Crippen LogP contribution is 2.25. The fraction of sp³-hybridized carbons (Fsp3) is 0.120. The van der Waals surface area contributed by atoms with Crippen molar-refractivity contribution < 1.29 is 9.53 Å². The van der Waals surface area contributed by atoms with E-state index in [-0.39, 0.29) is 5.78 Å². The van der Waals surface area contributed by atoms with E-state index in [0.29, 0.717) is 29.1 Å². The fourth-order valence-corrected chi connectivity index (χ4v) is 3.82. The highest BCUT2D eigenvalue weighted by atomic mass is 16.5. The van der Waals surface area contributed by atoms with E-state index in [4.69, 9.17) is 9.72 Å². The summed E-state index contributed by atoms with van der Waals surface area (Å²) < 4.78 is 7.37. The van der Waals surface area contributed by atoms with Crippen LogP contribution in [0.25, 0.3) is 16.7 Å². The molecule has 0 saturated heterocycles. The van der Waals surface area contributed by atoms with Crippen molar-refractivity contribution in [2.45, 2.75) is 13.5 Å². The van der Waals surface area contributed by atoms with Crippen LogP contribution in [-0.4, -0.2) is 32.5 Å². The molecule has 0 saturated carbocycles. The first-order chi connectivity index (χ1) is 15.7. The summed E-state index contributed by atoms with van der Waals surface area (Å²) >= 11 is 0. The molecule has 5 rings (SSSR count). The molecule has 158 valence electrons. The van der Waals surface area contributed by atoms with Crippen LogP contribution in [0.3, 0.4) is 0 Å². The number of methoxy groups -OCH3 is 1. The highest BCUT2D eigenvalue weighted by Gasteiger charge is 2.16. The summed E-state index contributed by atoms with van der Waals surface area (Å²) in [6.45, 7) is 2.41. The van der Waals surface area contributed by atoms with E-state index in [1.807, 2.05) is 78.1 Å². The zero-order chi connectivity index (χ0) is 22.1. The molecule has 0 radical (unpaired) electrons. The van der Waals surface area contributed by atoms with Gasteiger partial charge in [-0.2, -0.15) is 0 Å². The number of nitrogens with one attached hydrogen (secondary N) is 1. The van der Waals surface area contributed by atoms with Crippen molar-refractivity contribution in [3.63, 3.8) is 0 Å². The van der Waals surface area contributed by atoms with Gasteiger partial charge in [0.25, 0.3) is 0 Å². The molecule has 0 unspecified atom stereocenters. The van der Waals surface area contributed by atoms with Crippen molar-refractivity contribution >= 4 is 28.3 Å². The molecule has 0 atom stereocenters. The molecule has 2 heterocycles. The summed E-state index contributed by atoms with van der Waals surface area (Å²) in [6, 6.07) is 22.6. The molecule has 3 aromatic carbocycles. The Morgan fingerprint density at radius 3 is 2.56 bits per heavy atom. The first-order valence-corrected chi connectivity index (χ1v) is 10.3. The van der Waals surface area contributed by atoms with Crippen molar-refractivity contribution in [3.05, 3.63) is 95.3 Å². The van der Waals surface area contributed by atoms with E-state index in [1.165, 1.54) is 0 Å². The van der Waals surface area contributed by atoms with Crippen molar-refractivity contribution in [3.8, 4) is 5.75 Å². The van der Waals surface area contributed by atoms with Gasteiger partial charge in [-0.1, -0.05) is 48.5 Å². The smallest absolute Gasteiger partial charge is 0.204 e. The summed E-state index contributed by atoms with van der Waals surface area (Å²) in [5.74, 6) is 2.10. The number of nitrogens with zero attached hydrogens (tertiary/aromatic N) is 4. The van der Waals surface area contributed by atoms with Crippen LogP contribution in [0.5, 0.6) is 5.75 Å². The molecule has 0 aliphatic carbocycles. The van der Waals surface area contributed by atoms with Crippen LogP contribution < -0.4 is 10.1 Å². The number of hydrogen-bond donors (Lipinski definition) is 1. The molecule has 5 aromatic rings. The van der Waals surface area contributed by atoms with Gasteiger partial charge in [-0.25, -0.2) is 4.98 Å². The van der Waals surface area contributed by atoms with Crippen molar-refractivity contribution in [2.24, 2.45) is 0 Å². The minimum Gasteiger partial charge on any atom is -0.496 e. The van der Waals surface area contributed by atoms with Gasteiger partial charge in [0, 0.05) is 23.2 Å². The van der Waals surface area contributed by atoms with Gasteiger partial charge in [-0.05, 0) is 31.2 Å². The second-order valence-electron chi connectivity index (χ2n) is 7.43. The molecule has 1 N–H and O–H groups in total. The van der Waals surface area contributed by atoms with E-state index < -0.39 is 0 Å². The zero-order valence-corrected chi connectivity index (χ0v) is 17.7. The second kappa shape index (κ2) is 8.11. The van der Waals surface area contributed by atoms with Crippen LogP contribution in [0.15, 0.2) is 72.8 Å². The number of carbonyl (C=O) groups excluding carboxylic acids is 1. The van der Waals surface area contributed by atoms with Gasteiger partial charge < -0.3 is 10.1 Å². The first kappa shape index (κ1) is 19.7. The maximum Gasteiger partial charge on any atom is 0.204 e. The van der Waals surface area contributed by atoms with Crippen LogP contribution in [0, 0.1) is 6.92 Å². The summed E-state index contributed by atoms with van der Waals surface area (Å²) in [4.78, 5) is 17.7. The Morgan fingerprint density at radius 2 is 1.75 bits per heavy atom. The molecule has 0 aliphatic heterocycles. The van der Waals surface area contributed by atoms with Crippen molar-refractivity contribution in [1.29, 1.82) is 0 Å². The summed E-state index contributed by atoms with van der Waals surface area (Å²) in [5, 5.41) is 11.9. The summed E-state index contributed by atoms with van der Waals surface area (Å²) in [6.07, 6.45) is 0. The predicted molar refractivity (Wildman–Crippen MR) is 123 cm³/mol. The Kier molecular flexibility index (Phi) is 4.99. The topological polar surface area (TPSA) is 81.4 Å². The number of ether oxygens (including phenoxy) is 1. The molecule has 0 fully saturated rings. The van der Waals surface area contributed by atoms with Crippen LogP contribution in [0.4, 0.5) is 5.82 Å². The Hall–Kier alpha value is -4.26. The zero-order valence-electron chi connectivity index (χ0n) is 17.7. The number of para-hydroxylation sites is 1. The van der Waals surface area contributed by atoms with E-state index in [9.17, 15) is 4.79 Å². The molecule has 0 amide bonds. The average Bonchev–Trinajstić information content (AvgIpc) is 3.24. The number of aryl methyl sites for hydroxylation is 1. The first-order valence-electron chi connectivity index (χ1n) is 10.3. The lowest BCUT2D eigenvalue weighted by atomic mass is 10.0. The van der Waals surface area contributed by atoms with Gasteiger partial charge in [0.2, 0.25) is 5.65 Å². The van der Waals surface area contributed by atoms with Crippen molar-refractivity contribution in [1.82, 2.24) is 19.6 Å². The molecule has 0 bridgehead atoms. The fourth-order valence-electron chi connectivity index (χ4n) is 3.82. The molecular weight excluding hydrogens is 402 g/mol. The molecule has 7 heteroatoms. The van der Waals surface area contributed by atoms with Gasteiger partial charge in [0.15, 0.2) is 11.6 Å². The second-order valence-corrected chi connectivity index (χ2v) is 7.43. The van der Waals surface area contributed by atoms with E-state index in [0.717, 1.165) is 28.2 Å². The standard InChI is InChI=1S/C25H21N5O2/c1-16-28-29-25-24(26-15-19-10-6-7-11-22(19)32-2)27-20-13-12-18(14-21(20)30(16)25)23(31)17-8-4-3-5-9-17/h3-14H,15H2,1-2H3,(H,26,27). The van der Waals surface area contributed by atoms with E-state index in [2.05, 4.69) is 15.5 Å². The Labute approximate surface area is 184 Å². The van der Waals surface area contributed by atoms with Crippen LogP contribution >= 0.6 is 0 Å². The van der Waals surface area contributed by atoms with Crippen LogP contribution in [0.2, 0.25) is 0 Å². The lowest BCUT2D eigenvalue weighted by Crippen LogP contribution is -2.07. The monoisotopic (exact) mass is 423 g/mol. The molecule has 7 nitrogen and oxygen atoms in total. The third kappa shape index (κ3) is 3.43. The van der Waals surface area contributed by atoms with Crippen LogP contribution in [-0.2, 0) is 6.54 Å². The Bertz CT molecular complexity index is 1440. The quantitative estimate of drug-likeness (QED) is 0.407. The lowest BCUT2D eigenvalue weighted by Gasteiger charge is -2.12. The number of anilines is 1. The number of fused-ring (bicyclic) bond motifs is 3.